The molecular weight excluding hydrogens is 459 g/mol. The predicted octanol–water partition coefficient (Wildman–Crippen LogP) is 3.76. The highest BCUT2D eigenvalue weighted by atomic mass is 32.2. The highest BCUT2D eigenvalue weighted by Crippen LogP contribution is 2.27. The van der Waals surface area contributed by atoms with Crippen LogP contribution in [0, 0.1) is 5.82 Å². The zero-order valence-corrected chi connectivity index (χ0v) is 20.2. The standard InChI is InChI=1S/C22H27FO7S2/c1-15(2)17-6-8-18(9-7-17)16(3)30-21(24)22(4,31(5,25)26)14-29-32(27,28)20-12-10-19(23)11-13-20/h6-13,15-16H,14H2,1-5H3. The Hall–Kier alpha value is -2.30. The van der Waals surface area contributed by atoms with Crippen LogP contribution in [0.1, 0.15) is 50.8 Å². The van der Waals surface area contributed by atoms with Gasteiger partial charge >= 0.3 is 5.97 Å². The van der Waals surface area contributed by atoms with E-state index in [0.717, 1.165) is 43.0 Å². The third-order valence-electron chi connectivity index (χ3n) is 5.20. The van der Waals surface area contributed by atoms with Crippen LogP contribution in [0.5, 0.6) is 0 Å². The quantitative estimate of drug-likeness (QED) is 0.393. The van der Waals surface area contributed by atoms with Gasteiger partial charge in [-0.1, -0.05) is 38.1 Å². The van der Waals surface area contributed by atoms with Crippen molar-refractivity contribution in [3.63, 3.8) is 0 Å². The van der Waals surface area contributed by atoms with Crippen molar-refractivity contribution >= 4 is 25.9 Å². The molecule has 0 amide bonds. The Morgan fingerprint density at radius 3 is 1.91 bits per heavy atom. The van der Waals surface area contributed by atoms with Crippen LogP contribution in [-0.2, 0) is 33.7 Å². The number of esters is 1. The Kier molecular flexibility index (Phi) is 7.85. The minimum atomic E-state index is -4.44. The predicted molar refractivity (Wildman–Crippen MR) is 118 cm³/mol. The first-order valence-electron chi connectivity index (χ1n) is 9.83. The highest BCUT2D eigenvalue weighted by Gasteiger charge is 2.47. The molecule has 2 atom stereocenters. The number of carbonyl (C=O) groups is 1. The second kappa shape index (κ2) is 9.68. The molecule has 0 spiro atoms. The van der Waals surface area contributed by atoms with E-state index in [1.807, 2.05) is 26.0 Å². The molecule has 7 nitrogen and oxygen atoms in total. The van der Waals surface area contributed by atoms with E-state index in [0.29, 0.717) is 11.5 Å². The Bertz CT molecular complexity index is 1160. The van der Waals surface area contributed by atoms with Gasteiger partial charge in [0.05, 0.1) is 11.5 Å². The van der Waals surface area contributed by atoms with E-state index >= 15 is 0 Å². The highest BCUT2D eigenvalue weighted by molar-refractivity contribution is 7.93. The first-order valence-corrected chi connectivity index (χ1v) is 13.1. The maximum Gasteiger partial charge on any atom is 0.330 e. The van der Waals surface area contributed by atoms with E-state index in [4.69, 9.17) is 8.92 Å². The molecule has 0 heterocycles. The third kappa shape index (κ3) is 5.93. The van der Waals surface area contributed by atoms with Crippen LogP contribution >= 0.6 is 0 Å². The van der Waals surface area contributed by atoms with Crippen LogP contribution in [-0.4, -0.2) is 40.4 Å². The van der Waals surface area contributed by atoms with Crippen molar-refractivity contribution in [2.24, 2.45) is 0 Å². The number of rotatable bonds is 9. The van der Waals surface area contributed by atoms with Gasteiger partial charge in [-0.15, -0.1) is 0 Å². The molecule has 0 aliphatic carbocycles. The molecule has 0 fully saturated rings. The van der Waals surface area contributed by atoms with Gasteiger partial charge < -0.3 is 4.74 Å². The molecule has 2 aromatic carbocycles. The molecule has 0 saturated heterocycles. The van der Waals surface area contributed by atoms with Crippen molar-refractivity contribution in [1.82, 2.24) is 0 Å². The minimum absolute atomic E-state index is 0.315. The van der Waals surface area contributed by atoms with E-state index in [2.05, 4.69) is 0 Å². The SMILES string of the molecule is CC(C)c1ccc(C(C)OC(=O)C(C)(COS(=O)(=O)c2ccc(F)cc2)S(C)(=O)=O)cc1. The van der Waals surface area contributed by atoms with Gasteiger partial charge in [0.25, 0.3) is 10.1 Å². The molecule has 10 heteroatoms. The Morgan fingerprint density at radius 2 is 1.44 bits per heavy atom. The van der Waals surface area contributed by atoms with Crippen LogP contribution in [0.3, 0.4) is 0 Å². The molecule has 0 aliphatic rings. The van der Waals surface area contributed by atoms with Gasteiger partial charge in [-0.2, -0.15) is 8.42 Å². The number of halogens is 1. The Morgan fingerprint density at radius 1 is 0.938 bits per heavy atom. The number of hydrogen-bond acceptors (Lipinski definition) is 7. The van der Waals surface area contributed by atoms with Crippen molar-refractivity contribution in [3.05, 3.63) is 65.5 Å². The number of ether oxygens (including phenoxy) is 1. The summed E-state index contributed by atoms with van der Waals surface area (Å²) in [6.45, 7) is 5.70. The lowest BCUT2D eigenvalue weighted by molar-refractivity contribution is -0.152. The van der Waals surface area contributed by atoms with Crippen LogP contribution in [0.2, 0.25) is 0 Å². The number of sulfone groups is 1. The summed E-state index contributed by atoms with van der Waals surface area (Å²) < 4.78 is 70.6. The lowest BCUT2D eigenvalue weighted by Crippen LogP contribution is -2.49. The van der Waals surface area contributed by atoms with E-state index in [1.54, 1.807) is 19.1 Å². The second-order valence-electron chi connectivity index (χ2n) is 8.04. The lowest BCUT2D eigenvalue weighted by atomic mass is 10.0. The third-order valence-corrected chi connectivity index (χ3v) is 8.40. The van der Waals surface area contributed by atoms with Crippen molar-refractivity contribution in [2.75, 3.05) is 12.9 Å². The molecule has 2 aromatic rings. The molecule has 32 heavy (non-hydrogen) atoms. The molecular formula is C22H27FO7S2. The van der Waals surface area contributed by atoms with Crippen LogP contribution in [0.25, 0.3) is 0 Å². The fourth-order valence-electron chi connectivity index (χ4n) is 2.68. The smallest absolute Gasteiger partial charge is 0.330 e. The van der Waals surface area contributed by atoms with Gasteiger partial charge in [0.2, 0.25) is 0 Å². The Balaban J connectivity index is 2.22. The maximum absolute atomic E-state index is 13.1. The lowest BCUT2D eigenvalue weighted by Gasteiger charge is -2.27. The van der Waals surface area contributed by atoms with Crippen molar-refractivity contribution in [1.29, 1.82) is 0 Å². The van der Waals surface area contributed by atoms with Gasteiger partial charge in [0, 0.05) is 6.26 Å². The normalized spacial score (nSPS) is 15.2. The fraction of sp³-hybridized carbons (Fsp3) is 0.409. The fourth-order valence-corrected chi connectivity index (χ4v) is 4.38. The van der Waals surface area contributed by atoms with Gasteiger partial charge in [-0.25, -0.2) is 12.8 Å². The molecule has 176 valence electrons. The van der Waals surface area contributed by atoms with Crippen molar-refractivity contribution < 1.29 is 34.9 Å². The van der Waals surface area contributed by atoms with Gasteiger partial charge in [-0.3, -0.25) is 8.98 Å². The minimum Gasteiger partial charge on any atom is -0.457 e. The summed E-state index contributed by atoms with van der Waals surface area (Å²) in [6.07, 6.45) is 0.0167. The van der Waals surface area contributed by atoms with E-state index in [1.165, 1.54) is 0 Å². The van der Waals surface area contributed by atoms with Crippen molar-refractivity contribution in [3.8, 4) is 0 Å². The maximum atomic E-state index is 13.1. The zero-order valence-electron chi connectivity index (χ0n) is 18.5. The molecule has 2 unspecified atom stereocenters. The average molecular weight is 487 g/mol. The molecule has 0 aromatic heterocycles. The molecule has 0 aliphatic heterocycles. The number of benzene rings is 2. The summed E-state index contributed by atoms with van der Waals surface area (Å²) in [6, 6.07) is 11.1. The first-order chi connectivity index (χ1) is 14.7. The monoisotopic (exact) mass is 486 g/mol. The summed E-state index contributed by atoms with van der Waals surface area (Å²) in [5, 5.41) is 0. The van der Waals surface area contributed by atoms with Gasteiger partial charge in [0.1, 0.15) is 11.9 Å². The first kappa shape index (κ1) is 26.0. The average Bonchev–Trinajstić information content (AvgIpc) is 2.71. The summed E-state index contributed by atoms with van der Waals surface area (Å²) in [4.78, 5) is 12.5. The topological polar surface area (TPSA) is 104 Å². The zero-order chi connectivity index (χ0) is 24.3. The largest absolute Gasteiger partial charge is 0.457 e. The molecule has 0 N–H and O–H groups in total. The molecule has 0 saturated carbocycles. The summed E-state index contributed by atoms with van der Waals surface area (Å²) in [5.74, 6) is -1.48. The summed E-state index contributed by atoms with van der Waals surface area (Å²) >= 11 is 0. The second-order valence-corrected chi connectivity index (χ2v) is 12.1. The van der Waals surface area contributed by atoms with Crippen LogP contribution < -0.4 is 0 Å². The van der Waals surface area contributed by atoms with E-state index in [9.17, 15) is 26.0 Å². The summed E-state index contributed by atoms with van der Waals surface area (Å²) in [7, 11) is -8.58. The number of carbonyl (C=O) groups excluding carboxylic acids is 1. The summed E-state index contributed by atoms with van der Waals surface area (Å²) in [5.41, 5.74) is 1.74. The molecule has 0 radical (unpaired) electrons. The van der Waals surface area contributed by atoms with E-state index < -0.39 is 49.2 Å². The molecule has 0 bridgehead atoms. The van der Waals surface area contributed by atoms with E-state index in [-0.39, 0.29) is 4.90 Å². The van der Waals surface area contributed by atoms with Crippen LogP contribution in [0.15, 0.2) is 53.4 Å². The van der Waals surface area contributed by atoms with Gasteiger partial charge in [-0.05, 0) is 55.2 Å². The van der Waals surface area contributed by atoms with Gasteiger partial charge in [0.15, 0.2) is 14.6 Å². The Labute approximate surface area is 188 Å². The molecule has 2 rings (SSSR count). The van der Waals surface area contributed by atoms with Crippen LogP contribution in [0.4, 0.5) is 4.39 Å². The number of hydrogen-bond donors (Lipinski definition) is 0. The van der Waals surface area contributed by atoms with Crippen molar-refractivity contribution in [2.45, 2.75) is 49.4 Å².